The lowest BCUT2D eigenvalue weighted by Gasteiger charge is -2.24. The van der Waals surface area contributed by atoms with E-state index in [1.54, 1.807) is 65.1 Å². The largest absolute Gasteiger partial charge is 0.490 e. The van der Waals surface area contributed by atoms with Crippen LogP contribution in [0.5, 0.6) is 5.75 Å². The predicted octanol–water partition coefficient (Wildman–Crippen LogP) is 3.53. The molecule has 0 fully saturated rings. The number of sulfonamides is 1. The Labute approximate surface area is 182 Å². The first-order valence-corrected chi connectivity index (χ1v) is 11.4. The molecule has 0 atom stereocenters. The number of benzene rings is 2. The average molecular weight is 446 g/mol. The van der Waals surface area contributed by atoms with Crippen LogP contribution in [0.15, 0.2) is 41.3 Å². The Morgan fingerprint density at radius 1 is 1.16 bits per heavy atom. The summed E-state index contributed by atoms with van der Waals surface area (Å²) in [6, 6.07) is 9.44. The van der Waals surface area contributed by atoms with E-state index in [9.17, 15) is 18.0 Å². The predicted molar refractivity (Wildman–Crippen MR) is 120 cm³/mol. The average Bonchev–Trinajstić information content (AvgIpc) is 2.78. The molecule has 2 N–H and O–H groups in total. The second-order valence-corrected chi connectivity index (χ2v) is 9.86. The SMILES string of the molecule is CCC(=O)Nc1ccc(S(=O)(=O)Nc2ccc3c(c2)N(C)C(=O)C(C)(C)CO3)c(C)c1. The number of carbonyl (C=O) groups is 2. The fourth-order valence-corrected chi connectivity index (χ4v) is 4.61. The molecule has 0 spiro atoms. The Bertz CT molecular complexity index is 1140. The molecule has 0 bridgehead atoms. The van der Waals surface area contributed by atoms with Gasteiger partial charge in [-0.05, 0) is 62.7 Å². The van der Waals surface area contributed by atoms with Crippen LogP contribution in [-0.4, -0.2) is 33.9 Å². The monoisotopic (exact) mass is 445 g/mol. The van der Waals surface area contributed by atoms with Gasteiger partial charge in [0.1, 0.15) is 12.4 Å². The molecule has 166 valence electrons. The summed E-state index contributed by atoms with van der Waals surface area (Å²) < 4.78 is 34.3. The zero-order valence-electron chi connectivity index (χ0n) is 18.3. The van der Waals surface area contributed by atoms with E-state index >= 15 is 0 Å². The van der Waals surface area contributed by atoms with Crippen LogP contribution >= 0.6 is 0 Å². The third-order valence-electron chi connectivity index (χ3n) is 5.11. The number of anilines is 3. The van der Waals surface area contributed by atoms with Gasteiger partial charge in [-0.1, -0.05) is 6.92 Å². The molecule has 0 unspecified atom stereocenters. The molecule has 8 nitrogen and oxygen atoms in total. The fraction of sp³-hybridized carbons (Fsp3) is 0.364. The first kappa shape index (κ1) is 22.6. The Morgan fingerprint density at radius 3 is 2.48 bits per heavy atom. The Kier molecular flexibility index (Phi) is 6.00. The molecule has 1 heterocycles. The van der Waals surface area contributed by atoms with Crippen LogP contribution < -0.4 is 19.7 Å². The minimum absolute atomic E-state index is 0.0961. The highest BCUT2D eigenvalue weighted by Crippen LogP contribution is 2.37. The first-order valence-electron chi connectivity index (χ1n) is 9.93. The smallest absolute Gasteiger partial charge is 0.262 e. The Balaban J connectivity index is 1.89. The molecule has 9 heteroatoms. The molecule has 1 aliphatic heterocycles. The summed E-state index contributed by atoms with van der Waals surface area (Å²) in [5.41, 5.74) is 1.14. The van der Waals surface area contributed by atoms with Gasteiger partial charge in [0.25, 0.3) is 10.0 Å². The summed E-state index contributed by atoms with van der Waals surface area (Å²) >= 11 is 0. The van der Waals surface area contributed by atoms with E-state index in [0.717, 1.165) is 0 Å². The van der Waals surface area contributed by atoms with E-state index in [-0.39, 0.29) is 23.3 Å². The van der Waals surface area contributed by atoms with Crippen molar-refractivity contribution in [1.82, 2.24) is 0 Å². The van der Waals surface area contributed by atoms with Crippen LogP contribution in [0.3, 0.4) is 0 Å². The zero-order chi connectivity index (χ0) is 23.0. The lowest BCUT2D eigenvalue weighted by Crippen LogP contribution is -2.39. The van der Waals surface area contributed by atoms with Crippen LogP contribution in [0.2, 0.25) is 0 Å². The number of nitrogens with zero attached hydrogens (tertiary/aromatic N) is 1. The standard InChI is InChI=1S/C22H27N3O5S/c1-6-20(26)23-15-8-10-19(14(2)11-15)31(28,29)24-16-7-9-18-17(12-16)25(5)21(27)22(3,4)13-30-18/h7-12,24H,6,13H2,1-5H3,(H,23,26). The van der Waals surface area contributed by atoms with Gasteiger partial charge in [-0.3, -0.25) is 14.3 Å². The van der Waals surface area contributed by atoms with Crippen molar-refractivity contribution in [2.75, 3.05) is 28.6 Å². The van der Waals surface area contributed by atoms with Gasteiger partial charge in [-0.2, -0.15) is 0 Å². The second kappa shape index (κ2) is 8.22. The molecule has 2 aromatic carbocycles. The fourth-order valence-electron chi connectivity index (χ4n) is 3.34. The van der Waals surface area contributed by atoms with Crippen LogP contribution in [0, 0.1) is 12.3 Å². The highest BCUT2D eigenvalue weighted by Gasteiger charge is 2.36. The molecule has 2 amide bonds. The number of fused-ring (bicyclic) bond motifs is 1. The van der Waals surface area contributed by atoms with Gasteiger partial charge in [0.15, 0.2) is 0 Å². The quantitative estimate of drug-likeness (QED) is 0.733. The number of hydrogen-bond donors (Lipinski definition) is 2. The van der Waals surface area contributed by atoms with Crippen molar-refractivity contribution in [3.05, 3.63) is 42.0 Å². The van der Waals surface area contributed by atoms with Crippen molar-refractivity contribution in [2.45, 2.75) is 39.0 Å². The lowest BCUT2D eigenvalue weighted by molar-refractivity contribution is -0.127. The van der Waals surface area contributed by atoms with Gasteiger partial charge >= 0.3 is 0 Å². The van der Waals surface area contributed by atoms with Crippen LogP contribution in [0.4, 0.5) is 17.1 Å². The van der Waals surface area contributed by atoms with Crippen molar-refractivity contribution < 1.29 is 22.7 Å². The molecule has 31 heavy (non-hydrogen) atoms. The number of hydrogen-bond acceptors (Lipinski definition) is 5. The molecule has 0 aromatic heterocycles. The van der Waals surface area contributed by atoms with E-state index in [2.05, 4.69) is 10.0 Å². The summed E-state index contributed by atoms with van der Waals surface area (Å²) in [6.45, 7) is 7.24. The number of aryl methyl sites for hydroxylation is 1. The van der Waals surface area contributed by atoms with Crippen molar-refractivity contribution in [3.8, 4) is 5.75 Å². The number of amides is 2. The minimum Gasteiger partial charge on any atom is -0.490 e. The molecular weight excluding hydrogens is 418 g/mol. The van der Waals surface area contributed by atoms with Gasteiger partial charge in [-0.25, -0.2) is 8.42 Å². The molecule has 0 saturated heterocycles. The zero-order valence-corrected chi connectivity index (χ0v) is 19.1. The highest BCUT2D eigenvalue weighted by molar-refractivity contribution is 7.92. The maximum Gasteiger partial charge on any atom is 0.262 e. The minimum atomic E-state index is -3.89. The van der Waals surface area contributed by atoms with E-state index in [1.807, 2.05) is 0 Å². The highest BCUT2D eigenvalue weighted by atomic mass is 32.2. The summed E-state index contributed by atoms with van der Waals surface area (Å²) in [5, 5.41) is 2.71. The summed E-state index contributed by atoms with van der Waals surface area (Å²) in [5.74, 6) is 0.241. The topological polar surface area (TPSA) is 105 Å². The maximum absolute atomic E-state index is 13.0. The van der Waals surface area contributed by atoms with Gasteiger partial charge < -0.3 is 15.0 Å². The van der Waals surface area contributed by atoms with Crippen molar-refractivity contribution >= 4 is 38.9 Å². The summed E-state index contributed by atoms with van der Waals surface area (Å²) in [6.07, 6.45) is 0.330. The molecule has 0 radical (unpaired) electrons. The van der Waals surface area contributed by atoms with E-state index in [0.29, 0.717) is 34.8 Å². The van der Waals surface area contributed by atoms with E-state index in [4.69, 9.17) is 4.74 Å². The maximum atomic E-state index is 13.0. The van der Waals surface area contributed by atoms with Crippen LogP contribution in [0.25, 0.3) is 0 Å². The lowest BCUT2D eigenvalue weighted by atomic mass is 9.93. The van der Waals surface area contributed by atoms with E-state index < -0.39 is 15.4 Å². The van der Waals surface area contributed by atoms with Gasteiger partial charge in [-0.15, -0.1) is 0 Å². The number of rotatable bonds is 5. The van der Waals surface area contributed by atoms with Gasteiger partial charge in [0.05, 0.1) is 21.7 Å². The summed E-state index contributed by atoms with van der Waals surface area (Å²) in [7, 11) is -2.25. The third kappa shape index (κ3) is 4.66. The van der Waals surface area contributed by atoms with Gasteiger partial charge in [0, 0.05) is 19.2 Å². The van der Waals surface area contributed by atoms with Gasteiger partial charge in [0.2, 0.25) is 11.8 Å². The van der Waals surface area contributed by atoms with E-state index in [1.165, 1.54) is 11.0 Å². The number of ether oxygens (including phenoxy) is 1. The number of nitrogens with one attached hydrogen (secondary N) is 2. The molecule has 0 saturated carbocycles. The number of carbonyl (C=O) groups excluding carboxylic acids is 2. The molecule has 0 aliphatic carbocycles. The Morgan fingerprint density at radius 2 is 1.84 bits per heavy atom. The first-order chi connectivity index (χ1) is 14.4. The van der Waals surface area contributed by atoms with Crippen LogP contribution in [-0.2, 0) is 19.6 Å². The van der Waals surface area contributed by atoms with Crippen molar-refractivity contribution in [2.24, 2.45) is 5.41 Å². The Hall–Kier alpha value is -3.07. The third-order valence-corrected chi connectivity index (χ3v) is 6.66. The van der Waals surface area contributed by atoms with Crippen molar-refractivity contribution in [3.63, 3.8) is 0 Å². The molecule has 1 aliphatic rings. The molecule has 2 aromatic rings. The normalized spacial score (nSPS) is 15.5. The van der Waals surface area contributed by atoms with Crippen LogP contribution in [0.1, 0.15) is 32.8 Å². The van der Waals surface area contributed by atoms with Crippen molar-refractivity contribution in [1.29, 1.82) is 0 Å². The molecule has 3 rings (SSSR count). The molecular formula is C22H27N3O5S. The summed E-state index contributed by atoms with van der Waals surface area (Å²) in [4.78, 5) is 25.8. The second-order valence-electron chi connectivity index (χ2n) is 8.21.